The lowest BCUT2D eigenvalue weighted by atomic mass is 10.1. The van der Waals surface area contributed by atoms with Gasteiger partial charge in [-0.1, -0.05) is 0 Å². The minimum Gasteiger partial charge on any atom is -0.477 e. The molecular formula is C18H26N4O2. The van der Waals surface area contributed by atoms with Gasteiger partial charge >= 0.3 is 5.97 Å². The number of aryl methyl sites for hydroxylation is 1. The van der Waals surface area contributed by atoms with E-state index in [2.05, 4.69) is 46.6 Å². The molecule has 2 aromatic heterocycles. The molecule has 1 fully saturated rings. The van der Waals surface area contributed by atoms with Crippen molar-refractivity contribution in [3.8, 4) is 0 Å². The number of carbonyl (C=O) groups is 1. The van der Waals surface area contributed by atoms with Crippen molar-refractivity contribution in [2.24, 2.45) is 0 Å². The van der Waals surface area contributed by atoms with Gasteiger partial charge < -0.3 is 19.5 Å². The van der Waals surface area contributed by atoms with Crippen LogP contribution in [0.15, 0.2) is 18.5 Å². The molecule has 0 amide bonds. The van der Waals surface area contributed by atoms with Crippen LogP contribution in [0.1, 0.15) is 35.8 Å². The van der Waals surface area contributed by atoms with Crippen LogP contribution >= 0.6 is 0 Å². The van der Waals surface area contributed by atoms with Crippen molar-refractivity contribution in [1.29, 1.82) is 0 Å². The minimum absolute atomic E-state index is 0.107. The monoisotopic (exact) mass is 330 g/mol. The molecule has 1 atom stereocenters. The SMILES string of the molecule is CCn1cc(CN(C)C[C@@H]2CCCN2C)c2cc(C(=O)O)ncc21. The average molecular weight is 330 g/mol. The summed E-state index contributed by atoms with van der Waals surface area (Å²) in [4.78, 5) is 20.1. The van der Waals surface area contributed by atoms with E-state index in [9.17, 15) is 9.90 Å². The maximum absolute atomic E-state index is 11.2. The third-order valence-corrected chi connectivity index (χ3v) is 5.04. The van der Waals surface area contributed by atoms with Crippen molar-refractivity contribution >= 4 is 16.9 Å². The Kier molecular flexibility index (Phi) is 4.87. The van der Waals surface area contributed by atoms with Gasteiger partial charge in [-0.2, -0.15) is 0 Å². The molecule has 1 saturated heterocycles. The number of rotatable bonds is 6. The summed E-state index contributed by atoms with van der Waals surface area (Å²) in [7, 11) is 4.33. The first-order chi connectivity index (χ1) is 11.5. The number of likely N-dealkylation sites (N-methyl/N-ethyl adjacent to an activating group) is 2. The van der Waals surface area contributed by atoms with Crippen LogP contribution in [0.25, 0.3) is 10.9 Å². The molecule has 0 saturated carbocycles. The summed E-state index contributed by atoms with van der Waals surface area (Å²) in [5.41, 5.74) is 2.28. The summed E-state index contributed by atoms with van der Waals surface area (Å²) >= 11 is 0. The van der Waals surface area contributed by atoms with Crippen molar-refractivity contribution in [3.63, 3.8) is 0 Å². The zero-order chi connectivity index (χ0) is 17.3. The van der Waals surface area contributed by atoms with Crippen LogP contribution in [0, 0.1) is 0 Å². The van der Waals surface area contributed by atoms with E-state index < -0.39 is 5.97 Å². The number of aromatic carboxylic acids is 1. The molecule has 3 rings (SSSR count). The fraction of sp³-hybridized carbons (Fsp3) is 0.556. The first-order valence-corrected chi connectivity index (χ1v) is 8.59. The molecule has 0 radical (unpaired) electrons. The van der Waals surface area contributed by atoms with Crippen molar-refractivity contribution < 1.29 is 9.90 Å². The number of nitrogens with zero attached hydrogens (tertiary/aromatic N) is 4. The summed E-state index contributed by atoms with van der Waals surface area (Å²) < 4.78 is 2.14. The van der Waals surface area contributed by atoms with Crippen LogP contribution in [0.5, 0.6) is 0 Å². The minimum atomic E-state index is -0.979. The number of hydrogen-bond acceptors (Lipinski definition) is 4. The molecule has 6 nitrogen and oxygen atoms in total. The Hall–Kier alpha value is -1.92. The molecule has 0 aromatic carbocycles. The Bertz CT molecular complexity index is 740. The van der Waals surface area contributed by atoms with E-state index in [4.69, 9.17) is 0 Å². The highest BCUT2D eigenvalue weighted by atomic mass is 16.4. The van der Waals surface area contributed by atoms with E-state index in [1.54, 1.807) is 12.3 Å². The smallest absolute Gasteiger partial charge is 0.354 e. The molecule has 0 spiro atoms. The quantitative estimate of drug-likeness (QED) is 0.880. The van der Waals surface area contributed by atoms with Gasteiger partial charge in [-0.25, -0.2) is 9.78 Å². The number of hydrogen-bond donors (Lipinski definition) is 1. The van der Waals surface area contributed by atoms with Crippen LogP contribution in [-0.4, -0.2) is 63.7 Å². The molecular weight excluding hydrogens is 304 g/mol. The predicted molar refractivity (Wildman–Crippen MR) is 94.4 cm³/mol. The third-order valence-electron chi connectivity index (χ3n) is 5.04. The van der Waals surface area contributed by atoms with E-state index in [1.165, 1.54) is 24.9 Å². The summed E-state index contributed by atoms with van der Waals surface area (Å²) in [5.74, 6) is -0.979. The summed E-state index contributed by atoms with van der Waals surface area (Å²) in [6.45, 7) is 5.97. The van der Waals surface area contributed by atoms with Gasteiger partial charge in [0.05, 0.1) is 11.7 Å². The van der Waals surface area contributed by atoms with Crippen LogP contribution in [-0.2, 0) is 13.1 Å². The summed E-state index contributed by atoms with van der Waals surface area (Å²) in [6.07, 6.45) is 6.34. The highest BCUT2D eigenvalue weighted by Crippen LogP contribution is 2.24. The normalized spacial score (nSPS) is 18.8. The Labute approximate surface area is 142 Å². The zero-order valence-corrected chi connectivity index (χ0v) is 14.7. The highest BCUT2D eigenvalue weighted by molar-refractivity contribution is 5.92. The summed E-state index contributed by atoms with van der Waals surface area (Å²) in [6, 6.07) is 2.32. The van der Waals surface area contributed by atoms with Crippen molar-refractivity contribution in [3.05, 3.63) is 29.7 Å². The van der Waals surface area contributed by atoms with E-state index in [0.717, 1.165) is 30.5 Å². The number of fused-ring (bicyclic) bond motifs is 1. The standard InChI is InChI=1S/C18H26N4O2/c1-4-22-11-13(10-20(2)12-14-6-5-7-21(14)3)15-8-16(18(23)24)19-9-17(15)22/h8-9,11,14H,4-7,10,12H2,1-3H3,(H,23,24)/t14-/m0/s1. The van der Waals surface area contributed by atoms with E-state index in [0.29, 0.717) is 6.04 Å². The number of carboxylic acids is 1. The van der Waals surface area contributed by atoms with E-state index in [1.807, 2.05) is 0 Å². The number of carboxylic acid groups (broad SMARTS) is 1. The van der Waals surface area contributed by atoms with E-state index >= 15 is 0 Å². The molecule has 1 aliphatic heterocycles. The van der Waals surface area contributed by atoms with E-state index in [-0.39, 0.29) is 5.69 Å². The van der Waals surface area contributed by atoms with Gasteiger partial charge in [-0.15, -0.1) is 0 Å². The Morgan fingerprint density at radius 2 is 2.29 bits per heavy atom. The second kappa shape index (κ2) is 6.91. The molecule has 0 bridgehead atoms. The Morgan fingerprint density at radius 1 is 1.50 bits per heavy atom. The molecule has 3 heterocycles. The van der Waals surface area contributed by atoms with Gasteiger partial charge in [0.15, 0.2) is 0 Å². The van der Waals surface area contributed by atoms with Crippen molar-refractivity contribution in [2.45, 2.75) is 38.9 Å². The van der Waals surface area contributed by atoms with Crippen LogP contribution in [0.3, 0.4) is 0 Å². The summed E-state index contributed by atoms with van der Waals surface area (Å²) in [5, 5.41) is 10.2. The van der Waals surface area contributed by atoms with Crippen LogP contribution in [0.4, 0.5) is 0 Å². The topological polar surface area (TPSA) is 61.6 Å². The molecule has 0 aliphatic carbocycles. The highest BCUT2D eigenvalue weighted by Gasteiger charge is 2.22. The molecule has 1 aliphatic rings. The van der Waals surface area contributed by atoms with Crippen LogP contribution in [0.2, 0.25) is 0 Å². The molecule has 1 N–H and O–H groups in total. The van der Waals surface area contributed by atoms with Crippen molar-refractivity contribution in [2.75, 3.05) is 27.2 Å². The average Bonchev–Trinajstić information content (AvgIpc) is 3.11. The fourth-order valence-electron chi connectivity index (χ4n) is 3.69. The Morgan fingerprint density at radius 3 is 2.92 bits per heavy atom. The maximum atomic E-state index is 11.2. The number of likely N-dealkylation sites (tertiary alicyclic amines) is 1. The fourth-order valence-corrected chi connectivity index (χ4v) is 3.69. The lowest BCUT2D eigenvalue weighted by molar-refractivity contribution is 0.0690. The number of pyridine rings is 1. The van der Waals surface area contributed by atoms with Crippen molar-refractivity contribution in [1.82, 2.24) is 19.4 Å². The Balaban J connectivity index is 1.84. The maximum Gasteiger partial charge on any atom is 0.354 e. The second-order valence-electron chi connectivity index (χ2n) is 6.81. The molecule has 24 heavy (non-hydrogen) atoms. The van der Waals surface area contributed by atoms with Gasteiger partial charge in [0.2, 0.25) is 0 Å². The molecule has 2 aromatic rings. The van der Waals surface area contributed by atoms with Gasteiger partial charge in [0.1, 0.15) is 5.69 Å². The number of aromatic nitrogens is 2. The van der Waals surface area contributed by atoms with Gasteiger partial charge in [0, 0.05) is 37.3 Å². The van der Waals surface area contributed by atoms with Gasteiger partial charge in [0.25, 0.3) is 0 Å². The zero-order valence-electron chi connectivity index (χ0n) is 14.7. The third kappa shape index (κ3) is 3.30. The van der Waals surface area contributed by atoms with Crippen LogP contribution < -0.4 is 0 Å². The second-order valence-corrected chi connectivity index (χ2v) is 6.81. The van der Waals surface area contributed by atoms with Gasteiger partial charge in [-0.3, -0.25) is 0 Å². The first-order valence-electron chi connectivity index (χ1n) is 8.59. The molecule has 0 unspecified atom stereocenters. The largest absolute Gasteiger partial charge is 0.477 e. The first kappa shape index (κ1) is 16.9. The molecule has 130 valence electrons. The predicted octanol–water partition coefficient (Wildman–Crippen LogP) is 2.28. The molecule has 6 heteroatoms. The lowest BCUT2D eigenvalue weighted by Crippen LogP contribution is -2.36. The van der Waals surface area contributed by atoms with Gasteiger partial charge in [-0.05, 0) is 52.0 Å². The lowest BCUT2D eigenvalue weighted by Gasteiger charge is -2.25.